The highest BCUT2D eigenvalue weighted by molar-refractivity contribution is 7.15. The van der Waals surface area contributed by atoms with Crippen molar-refractivity contribution < 1.29 is 0 Å². The number of piperazine rings is 1. The Kier molecular flexibility index (Phi) is 5.19. The van der Waals surface area contributed by atoms with Gasteiger partial charge in [-0.3, -0.25) is 4.90 Å². The Morgan fingerprint density at radius 1 is 1.47 bits per heavy atom. The van der Waals surface area contributed by atoms with E-state index in [9.17, 15) is 0 Å². The molecule has 1 aliphatic rings. The lowest BCUT2D eigenvalue weighted by molar-refractivity contribution is 0.199. The number of nitrogens with one attached hydrogen (secondary N) is 1. The summed E-state index contributed by atoms with van der Waals surface area (Å²) in [5.41, 5.74) is 0. The van der Waals surface area contributed by atoms with Crippen molar-refractivity contribution in [2.45, 2.75) is 39.8 Å². The zero-order valence-corrected chi connectivity index (χ0v) is 13.3. The van der Waals surface area contributed by atoms with E-state index in [4.69, 9.17) is 0 Å². The van der Waals surface area contributed by atoms with Gasteiger partial charge in [0, 0.05) is 42.8 Å². The third-order valence-corrected chi connectivity index (χ3v) is 5.13. The highest BCUT2D eigenvalue weighted by Gasteiger charge is 2.24. The first-order valence-electron chi connectivity index (χ1n) is 7.33. The van der Waals surface area contributed by atoms with E-state index in [0.717, 1.165) is 32.7 Å². The maximum Gasteiger partial charge on any atom is 0.185 e. The summed E-state index contributed by atoms with van der Waals surface area (Å²) in [6, 6.07) is 1.03. The minimum absolute atomic E-state index is 0.408. The number of likely N-dealkylation sites (N-methyl/N-ethyl adjacent to an activating group) is 1. The zero-order valence-electron chi connectivity index (χ0n) is 12.5. The van der Waals surface area contributed by atoms with E-state index < -0.39 is 0 Å². The van der Waals surface area contributed by atoms with Crippen molar-refractivity contribution in [3.05, 3.63) is 11.1 Å². The first-order valence-corrected chi connectivity index (χ1v) is 8.15. The Bertz CT molecular complexity index is 393. The molecule has 4 nitrogen and oxygen atoms in total. The third kappa shape index (κ3) is 3.46. The summed E-state index contributed by atoms with van der Waals surface area (Å²) in [7, 11) is 0. The minimum Gasteiger partial charge on any atom is -0.345 e. The summed E-state index contributed by atoms with van der Waals surface area (Å²) in [6.45, 7) is 14.4. The molecule has 2 atom stereocenters. The number of rotatable bonds is 5. The van der Waals surface area contributed by atoms with E-state index in [1.165, 1.54) is 10.0 Å². The van der Waals surface area contributed by atoms with Crippen LogP contribution in [0.2, 0.25) is 0 Å². The molecule has 2 unspecified atom stereocenters. The predicted molar refractivity (Wildman–Crippen MR) is 83.1 cm³/mol. The fraction of sp³-hybridized carbons (Fsp3) is 0.786. The van der Waals surface area contributed by atoms with E-state index in [0.29, 0.717) is 12.1 Å². The SMILES string of the molecule is CCNC(C)c1cnc(N2CCN(CC)C(C)C2)s1. The summed E-state index contributed by atoms with van der Waals surface area (Å²) in [4.78, 5) is 10.9. The topological polar surface area (TPSA) is 31.4 Å². The van der Waals surface area contributed by atoms with Crippen molar-refractivity contribution in [1.82, 2.24) is 15.2 Å². The van der Waals surface area contributed by atoms with Gasteiger partial charge in [0.05, 0.1) is 0 Å². The van der Waals surface area contributed by atoms with Crippen LogP contribution in [0.3, 0.4) is 0 Å². The molecule has 1 saturated heterocycles. The van der Waals surface area contributed by atoms with Crippen molar-refractivity contribution in [2.75, 3.05) is 37.6 Å². The number of thiazole rings is 1. The maximum absolute atomic E-state index is 4.61. The van der Waals surface area contributed by atoms with Crippen LogP contribution in [0.4, 0.5) is 5.13 Å². The van der Waals surface area contributed by atoms with Gasteiger partial charge in [-0.2, -0.15) is 0 Å². The van der Waals surface area contributed by atoms with Gasteiger partial charge in [-0.25, -0.2) is 4.98 Å². The van der Waals surface area contributed by atoms with Crippen LogP contribution in [0.5, 0.6) is 0 Å². The highest BCUT2D eigenvalue weighted by atomic mass is 32.1. The van der Waals surface area contributed by atoms with Crippen molar-refractivity contribution in [2.24, 2.45) is 0 Å². The van der Waals surface area contributed by atoms with E-state index >= 15 is 0 Å². The molecule has 0 saturated carbocycles. The van der Waals surface area contributed by atoms with E-state index in [-0.39, 0.29) is 0 Å². The molecule has 1 aromatic rings. The van der Waals surface area contributed by atoms with Crippen LogP contribution in [0, 0.1) is 0 Å². The molecule has 1 N–H and O–H groups in total. The van der Waals surface area contributed by atoms with Crippen LogP contribution >= 0.6 is 11.3 Å². The minimum atomic E-state index is 0.408. The first-order chi connectivity index (χ1) is 9.15. The number of nitrogens with zero attached hydrogens (tertiary/aromatic N) is 3. The normalized spacial score (nSPS) is 22.7. The van der Waals surface area contributed by atoms with Gasteiger partial charge in [0.15, 0.2) is 5.13 Å². The molecule has 19 heavy (non-hydrogen) atoms. The molecule has 1 aliphatic heterocycles. The Balaban J connectivity index is 1.99. The number of hydrogen-bond donors (Lipinski definition) is 1. The Morgan fingerprint density at radius 2 is 2.26 bits per heavy atom. The lowest BCUT2D eigenvalue weighted by Gasteiger charge is -2.39. The fourth-order valence-corrected chi connectivity index (χ4v) is 3.65. The molecular formula is C14H26N4S. The second-order valence-corrected chi connectivity index (χ2v) is 6.29. The van der Waals surface area contributed by atoms with Gasteiger partial charge < -0.3 is 10.2 Å². The smallest absolute Gasteiger partial charge is 0.185 e. The lowest BCUT2D eigenvalue weighted by atomic mass is 10.2. The van der Waals surface area contributed by atoms with Gasteiger partial charge in [-0.05, 0) is 26.9 Å². The van der Waals surface area contributed by atoms with E-state index in [1.54, 1.807) is 0 Å². The molecule has 0 aliphatic carbocycles. The molecule has 0 amide bonds. The number of anilines is 1. The van der Waals surface area contributed by atoms with Gasteiger partial charge in [-0.1, -0.05) is 13.8 Å². The van der Waals surface area contributed by atoms with Gasteiger partial charge in [0.25, 0.3) is 0 Å². The van der Waals surface area contributed by atoms with Crippen molar-refractivity contribution in [1.29, 1.82) is 0 Å². The second-order valence-electron chi connectivity index (χ2n) is 5.25. The predicted octanol–water partition coefficient (Wildman–Crippen LogP) is 2.34. The Labute approximate surface area is 120 Å². The van der Waals surface area contributed by atoms with Crippen LogP contribution in [0.1, 0.15) is 38.6 Å². The van der Waals surface area contributed by atoms with E-state index in [1.807, 2.05) is 17.5 Å². The fourth-order valence-electron chi connectivity index (χ4n) is 2.67. The molecule has 1 fully saturated rings. The average Bonchev–Trinajstić information content (AvgIpc) is 2.88. The Hall–Kier alpha value is -0.650. The Morgan fingerprint density at radius 3 is 2.89 bits per heavy atom. The largest absolute Gasteiger partial charge is 0.345 e. The molecule has 108 valence electrons. The van der Waals surface area contributed by atoms with Crippen molar-refractivity contribution in [3.63, 3.8) is 0 Å². The third-order valence-electron chi connectivity index (χ3n) is 3.89. The van der Waals surface area contributed by atoms with E-state index in [2.05, 4.69) is 47.8 Å². The second kappa shape index (κ2) is 6.68. The van der Waals surface area contributed by atoms with Gasteiger partial charge in [0.2, 0.25) is 0 Å². The summed E-state index contributed by atoms with van der Waals surface area (Å²) in [6.07, 6.45) is 2.03. The lowest BCUT2D eigenvalue weighted by Crippen LogP contribution is -2.51. The molecule has 0 radical (unpaired) electrons. The van der Waals surface area contributed by atoms with Crippen molar-refractivity contribution >= 4 is 16.5 Å². The maximum atomic E-state index is 4.61. The quantitative estimate of drug-likeness (QED) is 0.898. The standard InChI is InChI=1S/C14H26N4S/c1-5-15-12(4)13-9-16-14(19-13)18-8-7-17(6-2)11(3)10-18/h9,11-12,15H,5-8,10H2,1-4H3. The van der Waals surface area contributed by atoms with Crippen LogP contribution in [-0.2, 0) is 0 Å². The summed E-state index contributed by atoms with van der Waals surface area (Å²) in [5, 5.41) is 4.63. The van der Waals surface area contributed by atoms with Crippen LogP contribution in [0.15, 0.2) is 6.20 Å². The molecular weight excluding hydrogens is 256 g/mol. The first kappa shape index (κ1) is 14.8. The van der Waals surface area contributed by atoms with Crippen LogP contribution in [-0.4, -0.2) is 48.6 Å². The molecule has 2 heterocycles. The molecule has 0 aromatic carbocycles. The van der Waals surface area contributed by atoms with Crippen LogP contribution in [0.25, 0.3) is 0 Å². The number of aromatic nitrogens is 1. The highest BCUT2D eigenvalue weighted by Crippen LogP contribution is 2.28. The monoisotopic (exact) mass is 282 g/mol. The zero-order chi connectivity index (χ0) is 13.8. The molecule has 0 bridgehead atoms. The average molecular weight is 282 g/mol. The number of hydrogen-bond acceptors (Lipinski definition) is 5. The van der Waals surface area contributed by atoms with Crippen molar-refractivity contribution in [3.8, 4) is 0 Å². The molecule has 1 aromatic heterocycles. The molecule has 5 heteroatoms. The molecule has 2 rings (SSSR count). The summed E-state index contributed by atoms with van der Waals surface area (Å²) >= 11 is 1.83. The van der Waals surface area contributed by atoms with Gasteiger partial charge >= 0.3 is 0 Å². The summed E-state index contributed by atoms with van der Waals surface area (Å²) < 4.78 is 0. The molecule has 0 spiro atoms. The van der Waals surface area contributed by atoms with Gasteiger partial charge in [0.1, 0.15) is 0 Å². The van der Waals surface area contributed by atoms with Gasteiger partial charge in [-0.15, -0.1) is 11.3 Å². The van der Waals surface area contributed by atoms with Crippen LogP contribution < -0.4 is 10.2 Å². The summed E-state index contributed by atoms with van der Waals surface area (Å²) in [5.74, 6) is 0.